The van der Waals surface area contributed by atoms with Crippen molar-refractivity contribution in [2.24, 2.45) is 0 Å². The second-order valence-corrected chi connectivity index (χ2v) is 11.3. The van der Waals surface area contributed by atoms with Crippen molar-refractivity contribution in [1.29, 1.82) is 0 Å². The number of halogens is 2. The third-order valence-electron chi connectivity index (χ3n) is 8.99. The summed E-state index contributed by atoms with van der Waals surface area (Å²) in [7, 11) is 0. The Morgan fingerprint density at radius 2 is 0.913 bits per heavy atom. The molecular formula is C32H18F2N10O2. The molecule has 12 nitrogen and oxygen atoms in total. The lowest BCUT2D eigenvalue weighted by Crippen LogP contribution is -2.60. The molecule has 2 N–H and O–H groups in total. The first-order valence-electron chi connectivity index (χ1n) is 14.3. The number of nitrogens with one attached hydrogen (secondary N) is 2. The van der Waals surface area contributed by atoms with Crippen molar-refractivity contribution in [2.75, 3.05) is 10.6 Å². The molecule has 2 aliphatic heterocycles. The Hall–Kier alpha value is -6.44. The first-order valence-corrected chi connectivity index (χ1v) is 14.3. The van der Waals surface area contributed by atoms with Gasteiger partial charge in [0.25, 0.3) is 0 Å². The van der Waals surface area contributed by atoms with Gasteiger partial charge < -0.3 is 10.6 Å². The molecule has 2 aliphatic rings. The van der Waals surface area contributed by atoms with Crippen LogP contribution in [-0.2, 0) is 11.3 Å². The van der Waals surface area contributed by atoms with E-state index < -0.39 is 34.3 Å². The van der Waals surface area contributed by atoms with Gasteiger partial charge in [-0.25, -0.2) is 46.3 Å². The number of imidazole rings is 2. The van der Waals surface area contributed by atoms with Gasteiger partial charge in [0, 0.05) is 11.1 Å². The Balaban J connectivity index is 1.41. The molecule has 46 heavy (non-hydrogen) atoms. The summed E-state index contributed by atoms with van der Waals surface area (Å²) in [6.45, 7) is 0. The smallest absolute Gasteiger partial charge is 0.324 e. The molecule has 0 spiro atoms. The predicted octanol–water partition coefficient (Wildman–Crippen LogP) is 3.63. The fraction of sp³-hybridized carbons (Fsp3) is 0.0625. The van der Waals surface area contributed by atoms with Gasteiger partial charge >= 0.3 is 11.4 Å². The average Bonchev–Trinajstić information content (AvgIpc) is 3.77. The molecule has 6 heterocycles. The molecule has 2 atom stereocenters. The Morgan fingerprint density at radius 1 is 0.522 bits per heavy atom. The zero-order valence-corrected chi connectivity index (χ0v) is 23.4. The third-order valence-corrected chi connectivity index (χ3v) is 8.99. The summed E-state index contributed by atoms with van der Waals surface area (Å²) in [5.74, 6) is -0.596. The number of hydrogen-bond donors (Lipinski definition) is 2. The number of para-hydroxylation sites is 4. The number of nitrogens with zero attached hydrogens (tertiary/aromatic N) is 8. The van der Waals surface area contributed by atoms with Gasteiger partial charge in [-0.3, -0.25) is 0 Å². The van der Waals surface area contributed by atoms with E-state index in [2.05, 4.69) is 20.6 Å². The fourth-order valence-corrected chi connectivity index (χ4v) is 7.14. The van der Waals surface area contributed by atoms with E-state index in [-0.39, 0.29) is 23.5 Å². The number of rotatable bonds is 2. The largest absolute Gasteiger partial charge is 0.340 e. The van der Waals surface area contributed by atoms with Crippen LogP contribution in [-0.4, -0.2) is 37.9 Å². The number of benzene rings is 4. The minimum absolute atomic E-state index is 0.0714. The molecule has 14 heteroatoms. The summed E-state index contributed by atoms with van der Waals surface area (Å²) in [6, 6.07) is 25.4. The van der Waals surface area contributed by atoms with E-state index in [1.54, 1.807) is 36.4 Å². The van der Waals surface area contributed by atoms with Crippen LogP contribution in [0, 0.1) is 11.6 Å². The van der Waals surface area contributed by atoms with Gasteiger partial charge in [0.15, 0.2) is 11.3 Å². The van der Waals surface area contributed by atoms with E-state index in [9.17, 15) is 18.4 Å². The van der Waals surface area contributed by atoms with Gasteiger partial charge in [-0.15, -0.1) is 0 Å². The maximum Gasteiger partial charge on any atom is 0.340 e. The molecule has 4 aromatic carbocycles. The van der Waals surface area contributed by atoms with Crippen LogP contribution < -0.4 is 22.0 Å². The highest BCUT2D eigenvalue weighted by molar-refractivity contribution is 5.81. The first kappa shape index (κ1) is 24.9. The summed E-state index contributed by atoms with van der Waals surface area (Å²) < 4.78 is 34.5. The van der Waals surface area contributed by atoms with Crippen LogP contribution in [0.25, 0.3) is 33.6 Å². The van der Waals surface area contributed by atoms with Crippen LogP contribution in [0.3, 0.4) is 0 Å². The van der Waals surface area contributed by atoms with Gasteiger partial charge in [0.1, 0.15) is 11.6 Å². The van der Waals surface area contributed by atoms with Crippen LogP contribution in [0.2, 0.25) is 0 Å². The monoisotopic (exact) mass is 612 g/mol. The standard InChI is InChI=1S/C32H18F2N10O2/c33-19-13-9-17(10-14-19)31-32(18-11-15-20(34)16-12-18,39-27-37-25-35-21-5-1-3-7-23(21)41(25)29(45)43(27)31)44-28(40-31)38-26-36-22-6-2-4-8-24(22)42(26)30(44)46/h1-16H,(H,35,37,39)(H,36,38,40). The Bertz CT molecular complexity index is 2540. The van der Waals surface area contributed by atoms with E-state index in [1.165, 1.54) is 66.5 Å². The molecule has 8 aromatic rings. The number of fused-ring (bicyclic) bond motifs is 11. The van der Waals surface area contributed by atoms with Crippen molar-refractivity contribution in [3.05, 3.63) is 141 Å². The first-order chi connectivity index (χ1) is 22.4. The molecule has 0 amide bonds. The molecule has 0 fully saturated rings. The van der Waals surface area contributed by atoms with Crippen LogP contribution >= 0.6 is 0 Å². The lowest BCUT2D eigenvalue weighted by molar-refractivity contribution is 0.248. The topological polar surface area (TPSA) is 128 Å². The summed E-state index contributed by atoms with van der Waals surface area (Å²) in [5, 5.41) is 6.78. The molecule has 222 valence electrons. The van der Waals surface area contributed by atoms with Gasteiger partial charge in [-0.1, -0.05) is 48.5 Å². The molecule has 0 bridgehead atoms. The van der Waals surface area contributed by atoms with Crippen LogP contribution in [0.4, 0.5) is 20.7 Å². The maximum absolute atomic E-state index is 14.8. The second-order valence-electron chi connectivity index (χ2n) is 11.3. The minimum atomic E-state index is -1.73. The number of aromatic nitrogens is 8. The second kappa shape index (κ2) is 8.18. The number of hydrogen-bond acceptors (Lipinski definition) is 8. The summed E-state index contributed by atoms with van der Waals surface area (Å²) in [5.41, 5.74) is -1.59. The van der Waals surface area contributed by atoms with E-state index >= 15 is 0 Å². The van der Waals surface area contributed by atoms with Crippen molar-refractivity contribution in [2.45, 2.75) is 11.3 Å². The normalized spacial score (nSPS) is 19.8. The van der Waals surface area contributed by atoms with Gasteiger partial charge in [0.2, 0.25) is 23.5 Å². The maximum atomic E-state index is 14.8. The molecule has 10 rings (SSSR count). The molecule has 0 aliphatic carbocycles. The molecule has 0 saturated carbocycles. The van der Waals surface area contributed by atoms with E-state index in [4.69, 9.17) is 9.97 Å². The molecule has 0 radical (unpaired) electrons. The van der Waals surface area contributed by atoms with Gasteiger partial charge in [0.05, 0.1) is 22.1 Å². The third kappa shape index (κ3) is 2.77. The van der Waals surface area contributed by atoms with Crippen LogP contribution in [0.1, 0.15) is 11.1 Å². The minimum Gasteiger partial charge on any atom is -0.324 e. The summed E-state index contributed by atoms with van der Waals surface area (Å²) in [6.07, 6.45) is 0. The predicted molar refractivity (Wildman–Crippen MR) is 164 cm³/mol. The highest BCUT2D eigenvalue weighted by Crippen LogP contribution is 2.55. The number of anilines is 2. The van der Waals surface area contributed by atoms with Crippen molar-refractivity contribution in [3.63, 3.8) is 0 Å². The van der Waals surface area contributed by atoms with Crippen molar-refractivity contribution in [3.8, 4) is 0 Å². The quantitative estimate of drug-likeness (QED) is 0.303. The van der Waals surface area contributed by atoms with Crippen LogP contribution in [0.15, 0.2) is 107 Å². The SMILES string of the molecule is O=c1n2c(nc3nc4ccccc4n13)NC1(c3ccc(F)cc3)n3c(nc4nc5ccccc5n4c3=O)NC21c1ccc(F)cc1. The summed E-state index contributed by atoms with van der Waals surface area (Å²) >= 11 is 0. The molecule has 0 saturated heterocycles. The average molecular weight is 613 g/mol. The molecular weight excluding hydrogens is 594 g/mol. The lowest BCUT2D eigenvalue weighted by Gasteiger charge is -2.40. The zero-order valence-electron chi connectivity index (χ0n) is 23.4. The highest BCUT2D eigenvalue weighted by atomic mass is 19.1. The lowest BCUT2D eigenvalue weighted by atomic mass is 9.82. The molecule has 2 unspecified atom stereocenters. The zero-order chi connectivity index (χ0) is 30.9. The van der Waals surface area contributed by atoms with Gasteiger partial charge in [-0.2, -0.15) is 9.97 Å². The molecule has 4 aromatic heterocycles. The van der Waals surface area contributed by atoms with Gasteiger partial charge in [-0.05, 0) is 48.5 Å². The van der Waals surface area contributed by atoms with Crippen LogP contribution in [0.5, 0.6) is 0 Å². The van der Waals surface area contributed by atoms with E-state index in [1.807, 2.05) is 12.1 Å². The Labute approximate surface area is 254 Å². The van der Waals surface area contributed by atoms with Crippen molar-refractivity contribution < 1.29 is 8.78 Å². The Kier molecular flexibility index (Phi) is 4.43. The van der Waals surface area contributed by atoms with E-state index in [0.717, 1.165) is 0 Å². The van der Waals surface area contributed by atoms with E-state index in [0.29, 0.717) is 33.2 Å². The summed E-state index contributed by atoms with van der Waals surface area (Å²) in [4.78, 5) is 48.3. The van der Waals surface area contributed by atoms with Crippen molar-refractivity contribution in [1.82, 2.24) is 37.9 Å². The van der Waals surface area contributed by atoms with Crippen molar-refractivity contribution >= 4 is 45.5 Å². The highest BCUT2D eigenvalue weighted by Gasteiger charge is 2.69. The Morgan fingerprint density at radius 3 is 1.33 bits per heavy atom. The fourth-order valence-electron chi connectivity index (χ4n) is 7.14.